The van der Waals surface area contributed by atoms with Crippen LogP contribution in [0.2, 0.25) is 0 Å². The van der Waals surface area contributed by atoms with Gasteiger partial charge >= 0.3 is 0 Å². The molecule has 14 heteroatoms. The predicted octanol–water partition coefficient (Wildman–Crippen LogP) is 4.99. The van der Waals surface area contributed by atoms with Crippen molar-refractivity contribution in [2.45, 2.75) is 38.3 Å². The van der Waals surface area contributed by atoms with Gasteiger partial charge in [-0.05, 0) is 66.8 Å². The summed E-state index contributed by atoms with van der Waals surface area (Å²) in [5.41, 5.74) is 1.44. The number of nitrogens with one attached hydrogen (secondary N) is 3. The normalized spacial score (nSPS) is 11.2. The number of rotatable bonds is 19. The Kier molecular flexibility index (Phi) is 14.9. The van der Waals surface area contributed by atoms with Crippen molar-refractivity contribution >= 4 is 23.6 Å². The fraction of sp³-hybridized carbons (Fsp3) is 0.227. The molecule has 0 bridgehead atoms. The summed E-state index contributed by atoms with van der Waals surface area (Å²) >= 11 is 0. The SMILES string of the molecule is O=C(NCCCN(CCCCNC(=O)c1cccc(O)c1OCc1ccccc1)C(=O)[C@H](Cc1ccccc1)NC(=O)c1cccc(O)c1O)c1cccc(O)c1O. The van der Waals surface area contributed by atoms with Crippen LogP contribution in [0.15, 0.2) is 115 Å². The second-order valence-electron chi connectivity index (χ2n) is 13.4. The van der Waals surface area contributed by atoms with E-state index in [1.165, 1.54) is 42.5 Å². The third kappa shape index (κ3) is 11.4. The largest absolute Gasteiger partial charge is 0.504 e. The molecule has 0 radical (unpaired) electrons. The van der Waals surface area contributed by atoms with Crippen LogP contribution in [0, 0.1) is 0 Å². The molecule has 0 fully saturated rings. The minimum absolute atomic E-state index is 0.0533. The van der Waals surface area contributed by atoms with E-state index in [0.717, 1.165) is 11.1 Å². The molecule has 8 N–H and O–H groups in total. The summed E-state index contributed by atoms with van der Waals surface area (Å²) < 4.78 is 5.83. The van der Waals surface area contributed by atoms with Crippen molar-refractivity contribution in [1.29, 1.82) is 0 Å². The first-order valence-electron chi connectivity index (χ1n) is 18.7. The van der Waals surface area contributed by atoms with Gasteiger partial charge in [-0.25, -0.2) is 0 Å². The highest BCUT2D eigenvalue weighted by Gasteiger charge is 2.28. The number of aromatic hydroxyl groups is 5. The number of benzene rings is 5. The van der Waals surface area contributed by atoms with Crippen molar-refractivity contribution in [1.82, 2.24) is 20.9 Å². The molecular formula is C44H46N4O10. The maximum Gasteiger partial charge on any atom is 0.255 e. The predicted molar refractivity (Wildman–Crippen MR) is 215 cm³/mol. The number of carbonyl (C=O) groups excluding carboxylic acids is 4. The van der Waals surface area contributed by atoms with Crippen LogP contribution in [0.4, 0.5) is 0 Å². The standard InChI is InChI=1S/C44H46N4O10/c49-35-20-9-17-31(38(35)52)41(54)46-24-12-26-48(44(57)34(27-29-13-3-1-4-14-29)47-43(56)32-18-10-21-36(50)39(32)53)25-8-7-23-45-42(55)33-19-11-22-37(51)40(33)58-28-30-15-5-2-6-16-30/h1-6,9-11,13-22,34,49-53H,7-8,12,23-28H2,(H,45,55)(H,46,54)(H,47,56)/t34-/m0/s1. The van der Waals surface area contributed by atoms with Gasteiger partial charge in [0.2, 0.25) is 5.91 Å². The Morgan fingerprint density at radius 2 is 1.03 bits per heavy atom. The van der Waals surface area contributed by atoms with Crippen LogP contribution in [-0.4, -0.2) is 86.3 Å². The summed E-state index contributed by atoms with van der Waals surface area (Å²) in [6.07, 6.45) is 1.24. The summed E-state index contributed by atoms with van der Waals surface area (Å²) in [5, 5.41) is 59.0. The van der Waals surface area contributed by atoms with Gasteiger partial charge in [0, 0.05) is 32.6 Å². The average molecular weight is 791 g/mol. The van der Waals surface area contributed by atoms with E-state index in [2.05, 4.69) is 16.0 Å². The van der Waals surface area contributed by atoms with Gasteiger partial charge < -0.3 is 51.1 Å². The van der Waals surface area contributed by atoms with Crippen molar-refractivity contribution in [3.63, 3.8) is 0 Å². The lowest BCUT2D eigenvalue weighted by molar-refractivity contribution is -0.133. The van der Waals surface area contributed by atoms with Gasteiger partial charge in [0.05, 0.1) is 16.7 Å². The molecular weight excluding hydrogens is 745 g/mol. The zero-order valence-corrected chi connectivity index (χ0v) is 31.6. The second kappa shape index (κ2) is 20.6. The number of unbranched alkanes of at least 4 members (excludes halogenated alkanes) is 1. The van der Waals surface area contributed by atoms with Gasteiger partial charge in [-0.15, -0.1) is 0 Å². The third-order valence-corrected chi connectivity index (χ3v) is 9.21. The van der Waals surface area contributed by atoms with Crippen molar-refractivity contribution < 1.29 is 49.4 Å². The van der Waals surface area contributed by atoms with Crippen molar-refractivity contribution in [2.75, 3.05) is 26.2 Å². The van der Waals surface area contributed by atoms with Gasteiger partial charge in [-0.2, -0.15) is 0 Å². The molecule has 0 saturated carbocycles. The van der Waals surface area contributed by atoms with Crippen molar-refractivity contribution in [3.05, 3.63) is 143 Å². The number of amides is 4. The lowest BCUT2D eigenvalue weighted by Gasteiger charge is -2.28. The maximum atomic E-state index is 14.3. The molecule has 0 spiro atoms. The lowest BCUT2D eigenvalue weighted by atomic mass is 10.0. The number of hydrogen-bond donors (Lipinski definition) is 8. The summed E-state index contributed by atoms with van der Waals surface area (Å²) in [6.45, 7) is 0.803. The topological polar surface area (TPSA) is 218 Å². The number of nitrogens with zero attached hydrogens (tertiary/aromatic N) is 1. The minimum atomic E-state index is -1.10. The highest BCUT2D eigenvalue weighted by Crippen LogP contribution is 2.31. The molecule has 0 aliphatic heterocycles. The summed E-state index contributed by atoms with van der Waals surface area (Å²) in [4.78, 5) is 55.3. The first-order chi connectivity index (χ1) is 28.0. The van der Waals surface area contributed by atoms with E-state index in [1.807, 2.05) is 48.5 Å². The smallest absolute Gasteiger partial charge is 0.255 e. The Morgan fingerprint density at radius 1 is 0.534 bits per heavy atom. The van der Waals surface area contributed by atoms with Crippen LogP contribution >= 0.6 is 0 Å². The van der Waals surface area contributed by atoms with E-state index >= 15 is 0 Å². The van der Waals surface area contributed by atoms with E-state index < -0.39 is 52.7 Å². The molecule has 0 saturated heterocycles. The van der Waals surface area contributed by atoms with Gasteiger partial charge in [0.15, 0.2) is 34.5 Å². The zero-order valence-electron chi connectivity index (χ0n) is 31.6. The van der Waals surface area contributed by atoms with Crippen LogP contribution in [0.5, 0.6) is 34.5 Å². The Labute approximate surface area is 335 Å². The van der Waals surface area contributed by atoms with Crippen LogP contribution < -0.4 is 20.7 Å². The van der Waals surface area contributed by atoms with E-state index in [4.69, 9.17) is 4.74 Å². The fourth-order valence-corrected chi connectivity index (χ4v) is 6.14. The van der Waals surface area contributed by atoms with Gasteiger partial charge in [0.25, 0.3) is 17.7 Å². The van der Waals surface area contributed by atoms with E-state index in [0.29, 0.717) is 12.8 Å². The second-order valence-corrected chi connectivity index (χ2v) is 13.4. The summed E-state index contributed by atoms with van der Waals surface area (Å²) in [5.74, 6) is -4.54. The number of phenolic OH excluding ortho intramolecular Hbond substituents is 5. The number of phenols is 5. The van der Waals surface area contributed by atoms with Gasteiger partial charge in [0.1, 0.15) is 12.6 Å². The Balaban J connectivity index is 1.26. The molecule has 5 aromatic rings. The minimum Gasteiger partial charge on any atom is -0.504 e. The molecule has 58 heavy (non-hydrogen) atoms. The van der Waals surface area contributed by atoms with Crippen molar-refractivity contribution in [2.24, 2.45) is 0 Å². The van der Waals surface area contributed by atoms with E-state index in [9.17, 15) is 44.7 Å². The van der Waals surface area contributed by atoms with Crippen LogP contribution in [0.1, 0.15) is 61.5 Å². The van der Waals surface area contributed by atoms with Crippen molar-refractivity contribution in [3.8, 4) is 34.5 Å². The average Bonchev–Trinajstić information content (AvgIpc) is 3.23. The number of ether oxygens (including phenoxy) is 1. The molecule has 0 aliphatic carbocycles. The van der Waals surface area contributed by atoms with Gasteiger partial charge in [-0.3, -0.25) is 19.2 Å². The van der Waals surface area contributed by atoms with Crippen LogP contribution in [0.25, 0.3) is 0 Å². The molecule has 0 unspecified atom stereocenters. The highest BCUT2D eigenvalue weighted by molar-refractivity contribution is 6.00. The monoisotopic (exact) mass is 790 g/mol. The molecule has 1 atom stereocenters. The van der Waals surface area contributed by atoms with Crippen LogP contribution in [-0.2, 0) is 17.8 Å². The first-order valence-corrected chi connectivity index (χ1v) is 18.7. The Morgan fingerprint density at radius 3 is 1.66 bits per heavy atom. The number of para-hydroxylation sites is 3. The Bertz CT molecular complexity index is 2180. The number of hydrogen-bond acceptors (Lipinski definition) is 10. The molecule has 0 heterocycles. The quantitative estimate of drug-likeness (QED) is 0.0414. The molecule has 302 valence electrons. The highest BCUT2D eigenvalue weighted by atomic mass is 16.5. The summed E-state index contributed by atoms with van der Waals surface area (Å²) in [6, 6.07) is 29.8. The molecule has 5 aromatic carbocycles. The molecule has 5 rings (SSSR count). The number of carbonyl (C=O) groups is 4. The zero-order chi connectivity index (χ0) is 41.4. The third-order valence-electron chi connectivity index (χ3n) is 9.21. The molecule has 4 amide bonds. The van der Waals surface area contributed by atoms with Crippen LogP contribution in [0.3, 0.4) is 0 Å². The van der Waals surface area contributed by atoms with Gasteiger partial charge in [-0.1, -0.05) is 78.9 Å². The lowest BCUT2D eigenvalue weighted by Crippen LogP contribution is -2.50. The summed E-state index contributed by atoms with van der Waals surface area (Å²) in [7, 11) is 0. The maximum absolute atomic E-state index is 14.3. The molecule has 0 aromatic heterocycles. The molecule has 14 nitrogen and oxygen atoms in total. The first kappa shape index (κ1) is 41.9. The fourth-order valence-electron chi connectivity index (χ4n) is 6.14. The van der Waals surface area contributed by atoms with E-state index in [1.54, 1.807) is 29.2 Å². The Hall–Kier alpha value is -7.22. The van der Waals surface area contributed by atoms with E-state index in [-0.39, 0.29) is 73.8 Å². The molecule has 0 aliphatic rings.